The standard InChI is InChI=1S/C20H26N4O4.C12H20N2O4.C2H6/c1-25-17-9-15(10-18(26-2)19(17)27-3)16(22)12-24(28-4)20(23)14-7-5-6-13(8-14)11-21;1-15-10-5-8(9(13)7-14-18-4)6-11(16-2)12(10)17-3;1-2/h5-10,12,23H,11,21-22H2,1-4H3;5-7,10,12,14H,13H2,1-4H3;1-2H3/p+2/b16-12-;9-7-;. The third-order valence-corrected chi connectivity index (χ3v) is 6.85. The maximum atomic E-state index is 6.28. The molecule has 10 N–H and O–H groups in total. The van der Waals surface area contributed by atoms with Gasteiger partial charge >= 0.3 is 5.84 Å². The van der Waals surface area contributed by atoms with Gasteiger partial charge in [-0.05, 0) is 46.7 Å². The number of methoxy groups -OCH3 is 6. The molecule has 0 radical (unpaired) electrons. The predicted octanol–water partition coefficient (Wildman–Crippen LogP) is 1.85. The van der Waals surface area contributed by atoms with E-state index in [4.69, 9.17) is 61.0 Å². The molecule has 0 aromatic heterocycles. The van der Waals surface area contributed by atoms with E-state index in [-0.39, 0.29) is 12.2 Å². The molecule has 0 heterocycles. The van der Waals surface area contributed by atoms with E-state index in [1.54, 1.807) is 67.2 Å². The van der Waals surface area contributed by atoms with Gasteiger partial charge in [-0.25, -0.2) is 4.84 Å². The molecule has 1 aliphatic carbocycles. The Morgan fingerprint density at radius 3 is 1.94 bits per heavy atom. The van der Waals surface area contributed by atoms with Crippen LogP contribution >= 0.6 is 0 Å². The van der Waals surface area contributed by atoms with E-state index >= 15 is 0 Å². The van der Waals surface area contributed by atoms with Gasteiger partial charge in [0.25, 0.3) is 0 Å². The van der Waals surface area contributed by atoms with Crippen LogP contribution in [0.1, 0.15) is 30.5 Å². The molecule has 2 atom stereocenters. The van der Waals surface area contributed by atoms with Crippen LogP contribution < -0.4 is 42.6 Å². The molecule has 0 saturated heterocycles. The monoisotopic (exact) mass is 674 g/mol. The van der Waals surface area contributed by atoms with Crippen molar-refractivity contribution in [1.82, 2.24) is 0 Å². The molecule has 0 saturated carbocycles. The van der Waals surface area contributed by atoms with Crippen molar-refractivity contribution in [2.75, 3.05) is 56.9 Å². The van der Waals surface area contributed by atoms with Gasteiger partial charge in [0.1, 0.15) is 31.3 Å². The Kier molecular flexibility index (Phi) is 18.9. The lowest BCUT2D eigenvalue weighted by atomic mass is 9.98. The van der Waals surface area contributed by atoms with E-state index in [1.807, 2.05) is 50.3 Å². The van der Waals surface area contributed by atoms with Crippen molar-refractivity contribution in [3.8, 4) is 17.2 Å². The summed E-state index contributed by atoms with van der Waals surface area (Å²) in [6, 6.07) is 11.0. The van der Waals surface area contributed by atoms with Gasteiger partial charge in [0.2, 0.25) is 5.75 Å². The van der Waals surface area contributed by atoms with Gasteiger partial charge in [0, 0.05) is 31.9 Å². The quantitative estimate of drug-likeness (QED) is 0.0845. The van der Waals surface area contributed by atoms with Gasteiger partial charge in [-0.2, -0.15) is 5.48 Å². The van der Waals surface area contributed by atoms with Crippen molar-refractivity contribution in [2.24, 2.45) is 22.9 Å². The number of allylic oxidation sites excluding steroid dienone is 1. The molecule has 0 aliphatic heterocycles. The summed E-state index contributed by atoms with van der Waals surface area (Å²) < 4.78 is 33.5. The number of amidine groups is 1. The van der Waals surface area contributed by atoms with Crippen molar-refractivity contribution in [3.05, 3.63) is 94.7 Å². The van der Waals surface area contributed by atoms with E-state index in [1.165, 1.54) is 24.4 Å². The van der Waals surface area contributed by atoms with Gasteiger partial charge in [-0.1, -0.05) is 26.0 Å². The molecule has 3 rings (SSSR count). The highest BCUT2D eigenvalue weighted by molar-refractivity contribution is 5.94. The van der Waals surface area contributed by atoms with Gasteiger partial charge in [-0.15, -0.1) is 0 Å². The Bertz CT molecular complexity index is 1430. The molecular weight excluding hydrogens is 620 g/mol. The minimum Gasteiger partial charge on any atom is -0.498 e. The zero-order chi connectivity index (χ0) is 36.2. The molecule has 1 aliphatic rings. The molecule has 14 heteroatoms. The molecule has 2 aromatic rings. The Balaban J connectivity index is 0.000000497. The van der Waals surface area contributed by atoms with E-state index in [9.17, 15) is 0 Å². The minimum absolute atomic E-state index is 0.237. The van der Waals surface area contributed by atoms with Crippen LogP contribution in [0.25, 0.3) is 5.70 Å². The number of ether oxygens (including phenoxy) is 6. The molecule has 0 bridgehead atoms. The summed E-state index contributed by atoms with van der Waals surface area (Å²) in [5, 5.41) is 0. The maximum absolute atomic E-state index is 6.28. The van der Waals surface area contributed by atoms with Crippen LogP contribution in [0.3, 0.4) is 0 Å². The molecule has 2 aromatic carbocycles. The number of hydrogen-bond acceptors (Lipinski definition) is 11. The number of nitrogens with zero attached hydrogens (tertiary/aromatic N) is 1. The van der Waals surface area contributed by atoms with Crippen molar-refractivity contribution >= 4 is 11.5 Å². The largest absolute Gasteiger partial charge is 0.498 e. The molecule has 0 fully saturated rings. The lowest BCUT2D eigenvalue weighted by Gasteiger charge is -2.28. The number of hydroxylamine groups is 2. The van der Waals surface area contributed by atoms with Crippen LogP contribution in [0, 0.1) is 0 Å². The average Bonchev–Trinajstić information content (AvgIpc) is 3.15. The normalized spacial score (nSPS) is 16.5. The lowest BCUT2D eigenvalue weighted by molar-refractivity contribution is -0.842. The topological polar surface area (TPSA) is 198 Å². The number of nitrogens with two attached hydrogens (primary N) is 5. The molecule has 266 valence electrons. The maximum Gasteiger partial charge on any atom is 0.319 e. The van der Waals surface area contributed by atoms with E-state index in [0.717, 1.165) is 16.7 Å². The highest BCUT2D eigenvalue weighted by Crippen LogP contribution is 2.39. The first-order chi connectivity index (χ1) is 23.2. The van der Waals surface area contributed by atoms with Gasteiger partial charge < -0.3 is 50.5 Å². The summed E-state index contributed by atoms with van der Waals surface area (Å²) in [6.45, 7) is 4.41. The fourth-order valence-electron chi connectivity index (χ4n) is 4.40. The molecule has 14 nitrogen and oxygen atoms in total. The van der Waals surface area contributed by atoms with E-state index < -0.39 is 0 Å². The fourth-order valence-corrected chi connectivity index (χ4v) is 4.40. The number of benzene rings is 2. The first kappa shape index (κ1) is 41.3. The third kappa shape index (κ3) is 11.2. The first-order valence-electron chi connectivity index (χ1n) is 15.0. The van der Waals surface area contributed by atoms with Crippen molar-refractivity contribution in [3.63, 3.8) is 0 Å². The Labute approximate surface area is 284 Å². The second-order valence-electron chi connectivity index (χ2n) is 9.52. The highest BCUT2D eigenvalue weighted by Gasteiger charge is 2.29. The fraction of sp³-hybridized carbons (Fsp3) is 0.382. The molecule has 0 amide bonds. The smallest absolute Gasteiger partial charge is 0.319 e. The van der Waals surface area contributed by atoms with Crippen LogP contribution in [0.2, 0.25) is 0 Å². The predicted molar refractivity (Wildman–Crippen MR) is 185 cm³/mol. The molecule has 0 spiro atoms. The van der Waals surface area contributed by atoms with Crippen LogP contribution in [0.5, 0.6) is 17.2 Å². The zero-order valence-corrected chi connectivity index (χ0v) is 29.7. The number of hydrogen-bond donors (Lipinski definition) is 5. The van der Waals surface area contributed by atoms with Crippen LogP contribution in [-0.2, 0) is 30.4 Å². The van der Waals surface area contributed by atoms with Gasteiger partial charge in [0.05, 0.1) is 52.5 Å². The minimum atomic E-state index is -0.261. The average molecular weight is 675 g/mol. The highest BCUT2D eigenvalue weighted by atomic mass is 16.7. The van der Waals surface area contributed by atoms with Crippen LogP contribution in [-0.4, -0.2) is 79.7 Å². The summed E-state index contributed by atoms with van der Waals surface area (Å²) in [7, 11) is 12.5. The van der Waals surface area contributed by atoms with Crippen LogP contribution in [0.4, 0.5) is 0 Å². The molecule has 2 unspecified atom stereocenters. The van der Waals surface area contributed by atoms with E-state index in [2.05, 4.69) is 0 Å². The van der Waals surface area contributed by atoms with Crippen molar-refractivity contribution in [1.29, 1.82) is 0 Å². The SMILES string of the molecule is CC.CO[NH2+]/C=C(\N)C1=CC(OC)C(OC)C(OC)=C1.COc1cc(/C(N)=C/[N+](OC)=C(\N)c2cccc(CN)c2)cc(OC)c1OC. The first-order valence-corrected chi connectivity index (χ1v) is 15.0. The van der Waals surface area contributed by atoms with Gasteiger partial charge in [-0.3, -0.25) is 5.73 Å². The zero-order valence-electron chi connectivity index (χ0n) is 29.7. The molecule has 48 heavy (non-hydrogen) atoms. The van der Waals surface area contributed by atoms with Crippen molar-refractivity contribution in [2.45, 2.75) is 32.6 Å². The Morgan fingerprint density at radius 2 is 1.46 bits per heavy atom. The third-order valence-electron chi connectivity index (χ3n) is 6.85. The summed E-state index contributed by atoms with van der Waals surface area (Å²) in [6.07, 6.45) is 6.48. The summed E-state index contributed by atoms with van der Waals surface area (Å²) in [4.78, 5) is 10.2. The summed E-state index contributed by atoms with van der Waals surface area (Å²) in [5.74, 6) is 2.51. The lowest BCUT2D eigenvalue weighted by Crippen LogP contribution is -2.76. The second kappa shape index (κ2) is 22.0. The second-order valence-corrected chi connectivity index (χ2v) is 9.52. The summed E-state index contributed by atoms with van der Waals surface area (Å²) >= 11 is 0. The summed E-state index contributed by atoms with van der Waals surface area (Å²) in [5.41, 5.74) is 29.9. The van der Waals surface area contributed by atoms with E-state index in [0.29, 0.717) is 52.3 Å². The van der Waals surface area contributed by atoms with Crippen LogP contribution in [0.15, 0.2) is 78.0 Å². The van der Waals surface area contributed by atoms with Gasteiger partial charge in [0.15, 0.2) is 17.7 Å². The Morgan fingerprint density at radius 1 is 0.812 bits per heavy atom. The number of rotatable bonds is 14. The Hall–Kier alpha value is -4.73. The molecular formula is C34H54N6O8+2. The van der Waals surface area contributed by atoms with Crippen molar-refractivity contribution < 1.29 is 48.3 Å². The number of quaternary nitrogens is 1.